The van der Waals surface area contributed by atoms with E-state index in [9.17, 15) is 13.2 Å². The number of piperazine rings is 1. The normalized spacial score (nSPS) is 17.7. The van der Waals surface area contributed by atoms with Crippen LogP contribution in [0.1, 0.15) is 63.3 Å². The number of halogens is 5. The van der Waals surface area contributed by atoms with E-state index in [0.717, 1.165) is 19.2 Å². The molecular formula is C45H49F5N6O7S. The Balaban J connectivity index is 1.46. The summed E-state index contributed by atoms with van der Waals surface area (Å²) in [5.41, 5.74) is -4.60. The first kappa shape index (κ1) is 46.0. The lowest BCUT2D eigenvalue weighted by molar-refractivity contribution is -0.137. The second-order valence-corrected chi connectivity index (χ2v) is 18.8. The minimum atomic E-state index is -5.24. The molecule has 64 heavy (non-hydrogen) atoms. The van der Waals surface area contributed by atoms with Crippen molar-refractivity contribution in [2.75, 3.05) is 43.4 Å². The number of hydrogen-bond acceptors (Lipinski definition) is 12. The van der Waals surface area contributed by atoms with Crippen molar-refractivity contribution in [3.63, 3.8) is 0 Å². The third kappa shape index (κ3) is 8.90. The van der Waals surface area contributed by atoms with E-state index in [4.69, 9.17) is 18.9 Å². The SMILES string of the molecule is CC[C@H]1[C@H]2[C@H](C)Oc3nc(-c4cc(N(Cc5ccc(OC)cc5)Cc5ccc(OC)cc5)c(F)c(C)c4C(F)(F)F)c(F)c4nc(S(C)(=O)=O)nc(c34)N2CCN1C(=O)OC(C)(C)C. The van der Waals surface area contributed by atoms with Crippen molar-refractivity contribution in [1.82, 2.24) is 19.9 Å². The van der Waals surface area contributed by atoms with Gasteiger partial charge < -0.3 is 33.6 Å². The molecule has 2 aromatic heterocycles. The quantitative estimate of drug-likeness (QED) is 0.0978. The largest absolute Gasteiger partial charge is 0.497 e. The number of benzene rings is 3. The Kier molecular flexibility index (Phi) is 12.4. The number of anilines is 2. The smallest absolute Gasteiger partial charge is 0.417 e. The molecule has 4 heterocycles. The highest BCUT2D eigenvalue weighted by molar-refractivity contribution is 7.90. The fraction of sp³-hybridized carbons (Fsp3) is 0.422. The Bertz CT molecular complexity index is 2650. The zero-order valence-electron chi connectivity index (χ0n) is 36.8. The Hall–Kier alpha value is -5.98. The summed E-state index contributed by atoms with van der Waals surface area (Å²) in [7, 11) is -1.29. The van der Waals surface area contributed by atoms with Gasteiger partial charge in [-0.25, -0.2) is 36.9 Å². The summed E-state index contributed by atoms with van der Waals surface area (Å²) in [6, 6.07) is 13.2. The Morgan fingerprint density at radius 1 is 0.906 bits per heavy atom. The van der Waals surface area contributed by atoms with Crippen molar-refractivity contribution in [2.45, 2.75) is 96.2 Å². The lowest BCUT2D eigenvalue weighted by atomic mass is 9.94. The highest BCUT2D eigenvalue weighted by Gasteiger charge is 2.47. The molecule has 1 fully saturated rings. The van der Waals surface area contributed by atoms with Crippen LogP contribution >= 0.6 is 0 Å². The van der Waals surface area contributed by atoms with E-state index in [1.165, 1.54) is 19.1 Å². The summed E-state index contributed by atoms with van der Waals surface area (Å²) in [5, 5.41) is -0.984. The Labute approximate surface area is 368 Å². The second kappa shape index (κ2) is 17.2. The van der Waals surface area contributed by atoms with Gasteiger partial charge in [0.2, 0.25) is 20.9 Å². The molecule has 3 atom stereocenters. The molecule has 0 radical (unpaired) electrons. The lowest BCUT2D eigenvalue weighted by Crippen LogP contribution is -2.65. The van der Waals surface area contributed by atoms with Crippen molar-refractivity contribution in [3.8, 4) is 28.6 Å². The van der Waals surface area contributed by atoms with Gasteiger partial charge in [0.1, 0.15) is 51.4 Å². The van der Waals surface area contributed by atoms with Crippen molar-refractivity contribution >= 4 is 38.3 Å². The average molecular weight is 913 g/mol. The molecule has 0 aliphatic carbocycles. The van der Waals surface area contributed by atoms with Crippen LogP contribution in [-0.4, -0.2) is 91.7 Å². The highest BCUT2D eigenvalue weighted by Crippen LogP contribution is 2.48. The van der Waals surface area contributed by atoms with Crippen LogP contribution in [0.4, 0.5) is 38.3 Å². The fourth-order valence-corrected chi connectivity index (χ4v) is 8.93. The fourth-order valence-electron chi connectivity index (χ4n) is 8.42. The van der Waals surface area contributed by atoms with Crippen LogP contribution in [0.5, 0.6) is 17.4 Å². The van der Waals surface area contributed by atoms with E-state index < -0.39 is 90.6 Å². The molecule has 0 spiro atoms. The van der Waals surface area contributed by atoms with Crippen molar-refractivity contribution in [1.29, 1.82) is 0 Å². The number of amides is 1. The third-order valence-electron chi connectivity index (χ3n) is 11.3. The molecule has 342 valence electrons. The van der Waals surface area contributed by atoms with Crippen LogP contribution in [0, 0.1) is 18.6 Å². The van der Waals surface area contributed by atoms with Crippen LogP contribution in [0.3, 0.4) is 0 Å². The number of fused-ring (bicyclic) bond motifs is 2. The number of sulfone groups is 1. The van der Waals surface area contributed by atoms with Crippen LogP contribution in [0.2, 0.25) is 0 Å². The summed E-state index contributed by atoms with van der Waals surface area (Å²) in [4.78, 5) is 31.2. The summed E-state index contributed by atoms with van der Waals surface area (Å²) in [6.45, 7) is 9.76. The maximum absolute atomic E-state index is 17.5. The van der Waals surface area contributed by atoms with E-state index in [1.54, 1.807) is 86.0 Å². The van der Waals surface area contributed by atoms with Gasteiger partial charge >= 0.3 is 12.3 Å². The maximum Gasteiger partial charge on any atom is 0.417 e. The van der Waals surface area contributed by atoms with E-state index in [0.29, 0.717) is 29.0 Å². The predicted octanol–water partition coefficient (Wildman–Crippen LogP) is 8.91. The molecule has 7 rings (SSSR count). The molecule has 0 bridgehead atoms. The van der Waals surface area contributed by atoms with E-state index in [2.05, 4.69) is 15.0 Å². The molecule has 0 N–H and O–H groups in total. The summed E-state index contributed by atoms with van der Waals surface area (Å²) >= 11 is 0. The van der Waals surface area contributed by atoms with Gasteiger partial charge in [-0.1, -0.05) is 31.2 Å². The van der Waals surface area contributed by atoms with Gasteiger partial charge in [0.15, 0.2) is 5.82 Å². The summed E-state index contributed by atoms with van der Waals surface area (Å²) in [6.07, 6.45) is -5.56. The zero-order chi connectivity index (χ0) is 46.6. The molecule has 1 saturated heterocycles. The summed E-state index contributed by atoms with van der Waals surface area (Å²) in [5.74, 6) is -2.00. The molecule has 3 aromatic carbocycles. The first-order chi connectivity index (χ1) is 30.0. The van der Waals surface area contributed by atoms with Gasteiger partial charge in [0, 0.05) is 38.0 Å². The van der Waals surface area contributed by atoms with Crippen LogP contribution < -0.4 is 24.0 Å². The maximum atomic E-state index is 17.5. The lowest BCUT2D eigenvalue weighted by Gasteiger charge is -2.48. The highest BCUT2D eigenvalue weighted by atomic mass is 32.2. The number of alkyl halides is 3. The van der Waals surface area contributed by atoms with Gasteiger partial charge in [-0.15, -0.1) is 0 Å². The monoisotopic (exact) mass is 912 g/mol. The minimum absolute atomic E-state index is 0.0128. The molecule has 2 aliphatic heterocycles. The van der Waals surface area contributed by atoms with Crippen LogP contribution in [0.25, 0.3) is 22.2 Å². The van der Waals surface area contributed by atoms with Crippen molar-refractivity contribution < 1.29 is 54.1 Å². The van der Waals surface area contributed by atoms with Gasteiger partial charge in [-0.05, 0) is 88.1 Å². The topological polar surface area (TPSA) is 137 Å². The van der Waals surface area contributed by atoms with Crippen molar-refractivity contribution in [2.24, 2.45) is 0 Å². The minimum Gasteiger partial charge on any atom is -0.497 e. The molecule has 0 unspecified atom stereocenters. The average Bonchev–Trinajstić information content (AvgIpc) is 3.35. The zero-order valence-corrected chi connectivity index (χ0v) is 37.6. The number of carbonyl (C=O) groups excluding carboxylic acids is 1. The Morgan fingerprint density at radius 2 is 1.48 bits per heavy atom. The number of aromatic nitrogens is 3. The van der Waals surface area contributed by atoms with Gasteiger partial charge in [-0.2, -0.15) is 13.2 Å². The second-order valence-electron chi connectivity index (χ2n) is 16.9. The van der Waals surface area contributed by atoms with Crippen LogP contribution in [0.15, 0.2) is 59.8 Å². The van der Waals surface area contributed by atoms with Gasteiger partial charge in [0.25, 0.3) is 0 Å². The molecule has 1 amide bonds. The molecule has 19 heteroatoms. The molecule has 13 nitrogen and oxygen atoms in total. The van der Waals surface area contributed by atoms with Gasteiger partial charge in [-0.3, -0.25) is 0 Å². The number of rotatable bonds is 10. The molecule has 5 aromatic rings. The standard InChI is InChI=1S/C45H49F5N6O7S/c1-10-31-39-25(3)62-41-33-38(52-42(64(9,58)59)53-40(33)56(39)20-19-55(31)43(57)63-44(4,5)6)36(47)37(51-41)30-21-32(35(46)24(2)34(30)45(48,49)50)54(22-26-11-15-28(60-7)16-12-26)23-27-13-17-29(61-8)18-14-27/h11-18,21,25,31,39H,10,19-20,22-23H2,1-9H3/t25-,31-,39+/m0/s1. The molecular weight excluding hydrogens is 864 g/mol. The number of nitrogens with zero attached hydrogens (tertiary/aromatic N) is 6. The first-order valence-electron chi connectivity index (χ1n) is 20.5. The van der Waals surface area contributed by atoms with E-state index in [-0.39, 0.29) is 49.0 Å². The van der Waals surface area contributed by atoms with E-state index in [1.807, 2.05) is 6.92 Å². The summed E-state index contributed by atoms with van der Waals surface area (Å²) < 4.78 is 129. The third-order valence-corrected chi connectivity index (χ3v) is 12.1. The number of pyridine rings is 1. The predicted molar refractivity (Wildman–Crippen MR) is 230 cm³/mol. The van der Waals surface area contributed by atoms with Gasteiger partial charge in [0.05, 0.1) is 37.6 Å². The van der Waals surface area contributed by atoms with E-state index >= 15 is 22.0 Å². The number of methoxy groups -OCH3 is 2. The molecule has 0 saturated carbocycles. The Morgan fingerprint density at radius 3 is 1.98 bits per heavy atom. The first-order valence-corrected chi connectivity index (χ1v) is 22.4. The number of ether oxygens (including phenoxy) is 4. The molecule has 2 aliphatic rings. The number of carbonyl (C=O) groups is 1. The van der Waals surface area contributed by atoms with Crippen molar-refractivity contribution in [3.05, 3.63) is 88.5 Å². The van der Waals surface area contributed by atoms with Crippen LogP contribution in [-0.2, 0) is 33.8 Å². The number of hydrogen-bond donors (Lipinski definition) is 0.